The fourth-order valence-corrected chi connectivity index (χ4v) is 2.90. The van der Waals surface area contributed by atoms with Crippen molar-refractivity contribution in [3.8, 4) is 0 Å². The summed E-state index contributed by atoms with van der Waals surface area (Å²) in [7, 11) is 0. The van der Waals surface area contributed by atoms with Crippen LogP contribution in [-0.2, 0) is 4.79 Å². The Bertz CT molecular complexity index is 503. The standard InChI is InChI=1S/C15H23N5O/c16-15(21)12-2-1-6-20(9-12)7-5-17-14-8-13(11-3-4-11)18-10-19-14/h8,10-12H,1-7,9H2,(H2,16,21)(H,17,18,19)/t12-/m0/s1. The minimum absolute atomic E-state index is 0.0132. The predicted octanol–water partition coefficient (Wildman–Crippen LogP) is 0.963. The fraction of sp³-hybridized carbons (Fsp3) is 0.667. The Balaban J connectivity index is 1.45. The van der Waals surface area contributed by atoms with Gasteiger partial charge in [0.15, 0.2) is 0 Å². The van der Waals surface area contributed by atoms with Crippen LogP contribution in [0.1, 0.15) is 37.3 Å². The number of carbonyl (C=O) groups is 1. The summed E-state index contributed by atoms with van der Waals surface area (Å²) in [6.45, 7) is 3.57. The smallest absolute Gasteiger partial charge is 0.221 e. The quantitative estimate of drug-likeness (QED) is 0.815. The van der Waals surface area contributed by atoms with Crippen LogP contribution in [-0.4, -0.2) is 47.0 Å². The molecule has 114 valence electrons. The van der Waals surface area contributed by atoms with E-state index in [0.717, 1.165) is 50.5 Å². The van der Waals surface area contributed by atoms with E-state index in [-0.39, 0.29) is 11.8 Å². The van der Waals surface area contributed by atoms with Gasteiger partial charge in [0.2, 0.25) is 5.91 Å². The minimum Gasteiger partial charge on any atom is -0.369 e. The number of nitrogens with zero attached hydrogens (tertiary/aromatic N) is 3. The molecule has 6 heteroatoms. The number of likely N-dealkylation sites (tertiary alicyclic amines) is 1. The number of hydrogen-bond acceptors (Lipinski definition) is 5. The number of nitrogens with one attached hydrogen (secondary N) is 1. The number of nitrogens with two attached hydrogens (primary N) is 1. The van der Waals surface area contributed by atoms with Crippen molar-refractivity contribution in [2.75, 3.05) is 31.5 Å². The molecular weight excluding hydrogens is 266 g/mol. The molecule has 2 heterocycles. The molecule has 1 aliphatic heterocycles. The summed E-state index contributed by atoms with van der Waals surface area (Å²) >= 11 is 0. The SMILES string of the molecule is NC(=O)[C@H]1CCCN(CCNc2cc(C3CC3)ncn2)C1. The summed E-state index contributed by atoms with van der Waals surface area (Å²) in [5.74, 6) is 1.39. The van der Waals surface area contributed by atoms with Crippen LogP contribution < -0.4 is 11.1 Å². The highest BCUT2D eigenvalue weighted by molar-refractivity contribution is 5.76. The largest absolute Gasteiger partial charge is 0.369 e. The van der Waals surface area contributed by atoms with E-state index in [1.807, 2.05) is 0 Å². The van der Waals surface area contributed by atoms with E-state index in [1.54, 1.807) is 6.33 Å². The number of aromatic nitrogens is 2. The number of primary amides is 1. The van der Waals surface area contributed by atoms with Gasteiger partial charge in [0.25, 0.3) is 0 Å². The van der Waals surface area contributed by atoms with E-state index >= 15 is 0 Å². The summed E-state index contributed by atoms with van der Waals surface area (Å²) < 4.78 is 0. The Morgan fingerprint density at radius 1 is 1.38 bits per heavy atom. The third-order valence-electron chi connectivity index (χ3n) is 4.33. The summed E-state index contributed by atoms with van der Waals surface area (Å²) in [6.07, 6.45) is 6.11. The van der Waals surface area contributed by atoms with Gasteiger partial charge in [-0.05, 0) is 32.2 Å². The molecule has 2 fully saturated rings. The van der Waals surface area contributed by atoms with Gasteiger partial charge in [-0.1, -0.05) is 0 Å². The molecule has 2 aliphatic rings. The van der Waals surface area contributed by atoms with Crippen LogP contribution in [0.5, 0.6) is 0 Å². The van der Waals surface area contributed by atoms with Gasteiger partial charge in [0, 0.05) is 37.3 Å². The molecule has 1 saturated heterocycles. The zero-order chi connectivity index (χ0) is 14.7. The van der Waals surface area contributed by atoms with Crippen LogP contribution >= 0.6 is 0 Å². The molecular formula is C15H23N5O. The predicted molar refractivity (Wildman–Crippen MR) is 80.9 cm³/mol. The molecule has 0 unspecified atom stereocenters. The first kappa shape index (κ1) is 14.3. The molecule has 3 rings (SSSR count). The Morgan fingerprint density at radius 2 is 2.24 bits per heavy atom. The van der Waals surface area contributed by atoms with Crippen molar-refractivity contribution in [3.05, 3.63) is 18.1 Å². The Kier molecular flexibility index (Phi) is 4.34. The lowest BCUT2D eigenvalue weighted by atomic mass is 9.97. The molecule has 1 atom stereocenters. The van der Waals surface area contributed by atoms with Gasteiger partial charge >= 0.3 is 0 Å². The number of rotatable bonds is 6. The number of amides is 1. The molecule has 6 nitrogen and oxygen atoms in total. The molecule has 0 spiro atoms. The lowest BCUT2D eigenvalue weighted by Gasteiger charge is -2.31. The van der Waals surface area contributed by atoms with E-state index in [0.29, 0.717) is 5.92 Å². The van der Waals surface area contributed by atoms with Gasteiger partial charge in [-0.15, -0.1) is 0 Å². The second kappa shape index (κ2) is 6.39. The molecule has 1 saturated carbocycles. The highest BCUT2D eigenvalue weighted by atomic mass is 16.1. The summed E-state index contributed by atoms with van der Waals surface area (Å²) in [6, 6.07) is 2.06. The van der Waals surface area contributed by atoms with E-state index in [9.17, 15) is 4.79 Å². The molecule has 0 radical (unpaired) electrons. The molecule has 1 aromatic rings. The third-order valence-corrected chi connectivity index (χ3v) is 4.33. The summed E-state index contributed by atoms with van der Waals surface area (Å²) in [4.78, 5) is 22.1. The van der Waals surface area contributed by atoms with Gasteiger partial charge in [-0.3, -0.25) is 4.79 Å². The highest BCUT2D eigenvalue weighted by Gasteiger charge is 2.25. The maximum absolute atomic E-state index is 11.3. The average molecular weight is 289 g/mol. The second-order valence-electron chi connectivity index (χ2n) is 6.07. The Hall–Kier alpha value is -1.69. The first-order valence-corrected chi connectivity index (χ1v) is 7.80. The molecule has 21 heavy (non-hydrogen) atoms. The first-order valence-electron chi connectivity index (χ1n) is 7.80. The normalized spacial score (nSPS) is 23.0. The molecule has 0 bridgehead atoms. The topological polar surface area (TPSA) is 84.1 Å². The lowest BCUT2D eigenvalue weighted by Crippen LogP contribution is -2.42. The molecule has 1 aliphatic carbocycles. The van der Waals surface area contributed by atoms with Gasteiger partial charge < -0.3 is 16.0 Å². The van der Waals surface area contributed by atoms with E-state index in [4.69, 9.17) is 5.73 Å². The van der Waals surface area contributed by atoms with Crippen LogP contribution in [0.25, 0.3) is 0 Å². The van der Waals surface area contributed by atoms with E-state index < -0.39 is 0 Å². The van der Waals surface area contributed by atoms with Crippen molar-refractivity contribution in [1.29, 1.82) is 0 Å². The molecule has 1 amide bonds. The van der Waals surface area contributed by atoms with E-state index in [2.05, 4.69) is 26.3 Å². The van der Waals surface area contributed by atoms with Crippen LogP contribution in [0.15, 0.2) is 12.4 Å². The van der Waals surface area contributed by atoms with Gasteiger partial charge in [-0.25, -0.2) is 9.97 Å². The lowest BCUT2D eigenvalue weighted by molar-refractivity contribution is -0.123. The molecule has 0 aromatic carbocycles. The van der Waals surface area contributed by atoms with E-state index in [1.165, 1.54) is 12.8 Å². The van der Waals surface area contributed by atoms with Gasteiger partial charge in [0.1, 0.15) is 12.1 Å². The maximum atomic E-state index is 11.3. The molecule has 3 N–H and O–H groups in total. The van der Waals surface area contributed by atoms with Crippen molar-refractivity contribution in [2.45, 2.75) is 31.6 Å². The van der Waals surface area contributed by atoms with Crippen molar-refractivity contribution in [1.82, 2.24) is 14.9 Å². The van der Waals surface area contributed by atoms with Gasteiger partial charge in [0.05, 0.1) is 5.92 Å². The number of carbonyl (C=O) groups excluding carboxylic acids is 1. The maximum Gasteiger partial charge on any atom is 0.221 e. The van der Waals surface area contributed by atoms with Crippen LogP contribution in [0.3, 0.4) is 0 Å². The first-order chi connectivity index (χ1) is 10.2. The monoisotopic (exact) mass is 289 g/mol. The minimum atomic E-state index is -0.169. The second-order valence-corrected chi connectivity index (χ2v) is 6.07. The Morgan fingerprint density at radius 3 is 3.00 bits per heavy atom. The zero-order valence-corrected chi connectivity index (χ0v) is 12.3. The van der Waals surface area contributed by atoms with Crippen LogP contribution in [0, 0.1) is 5.92 Å². The highest BCUT2D eigenvalue weighted by Crippen LogP contribution is 2.39. The van der Waals surface area contributed by atoms with Crippen molar-refractivity contribution in [3.63, 3.8) is 0 Å². The average Bonchev–Trinajstić information content (AvgIpc) is 3.33. The van der Waals surface area contributed by atoms with Crippen LogP contribution in [0.4, 0.5) is 5.82 Å². The van der Waals surface area contributed by atoms with Crippen molar-refractivity contribution < 1.29 is 4.79 Å². The number of anilines is 1. The third kappa shape index (κ3) is 3.91. The number of piperidine rings is 1. The van der Waals surface area contributed by atoms with Crippen molar-refractivity contribution in [2.24, 2.45) is 11.7 Å². The number of hydrogen-bond donors (Lipinski definition) is 2. The van der Waals surface area contributed by atoms with Crippen LogP contribution in [0.2, 0.25) is 0 Å². The summed E-state index contributed by atoms with van der Waals surface area (Å²) in [5, 5.41) is 3.35. The van der Waals surface area contributed by atoms with Crippen molar-refractivity contribution >= 4 is 11.7 Å². The molecule has 1 aromatic heterocycles. The fourth-order valence-electron chi connectivity index (χ4n) is 2.90. The zero-order valence-electron chi connectivity index (χ0n) is 12.3. The van der Waals surface area contributed by atoms with Gasteiger partial charge in [-0.2, -0.15) is 0 Å². The Labute approximate surface area is 125 Å². The summed E-state index contributed by atoms with van der Waals surface area (Å²) in [5.41, 5.74) is 6.55.